The Labute approximate surface area is 112 Å². The van der Waals surface area contributed by atoms with Crippen molar-refractivity contribution in [2.24, 2.45) is 0 Å². The Balaban J connectivity index is 2.22. The maximum Gasteiger partial charge on any atom is 0.137 e. The van der Waals surface area contributed by atoms with Crippen LogP contribution in [-0.2, 0) is 0 Å². The van der Waals surface area contributed by atoms with Gasteiger partial charge in [-0.05, 0) is 35.2 Å². The molecule has 0 radical (unpaired) electrons. The Morgan fingerprint density at radius 3 is 2.53 bits per heavy atom. The summed E-state index contributed by atoms with van der Waals surface area (Å²) in [6.45, 7) is 3.95. The average molecular weight is 257 g/mol. The van der Waals surface area contributed by atoms with E-state index in [1.807, 2.05) is 19.9 Å². The summed E-state index contributed by atoms with van der Waals surface area (Å²) in [5.74, 6) is 0.107. The van der Waals surface area contributed by atoms with Crippen molar-refractivity contribution in [1.29, 1.82) is 0 Å². The number of hydrogen-bond donors (Lipinski definition) is 1. The highest BCUT2D eigenvalue weighted by Crippen LogP contribution is 2.24. The molecule has 0 spiro atoms. The van der Waals surface area contributed by atoms with Gasteiger partial charge in [-0.1, -0.05) is 38.1 Å². The van der Waals surface area contributed by atoms with E-state index < -0.39 is 0 Å². The first-order valence-electron chi connectivity index (χ1n) is 6.19. The minimum Gasteiger partial charge on any atom is -0.506 e. The topological polar surface area (TPSA) is 33.1 Å². The maximum atomic E-state index is 13.0. The van der Waals surface area contributed by atoms with Crippen LogP contribution in [-0.4, -0.2) is 10.1 Å². The Morgan fingerprint density at radius 2 is 1.89 bits per heavy atom. The summed E-state index contributed by atoms with van der Waals surface area (Å²) >= 11 is 0. The zero-order chi connectivity index (χ0) is 13.8. The molecule has 0 aliphatic rings. The SMILES string of the molecule is CC(C)c1ncc(C=Cc2cccc(F)c2)cc1O. The van der Waals surface area contributed by atoms with E-state index in [4.69, 9.17) is 0 Å². The third-order valence-electron chi connectivity index (χ3n) is 2.78. The van der Waals surface area contributed by atoms with E-state index in [1.54, 1.807) is 30.5 Å². The van der Waals surface area contributed by atoms with Crippen LogP contribution in [0.2, 0.25) is 0 Å². The van der Waals surface area contributed by atoms with Gasteiger partial charge in [-0.25, -0.2) is 4.39 Å². The summed E-state index contributed by atoms with van der Waals surface area (Å²) in [5, 5.41) is 9.85. The molecule has 2 nitrogen and oxygen atoms in total. The van der Waals surface area contributed by atoms with Gasteiger partial charge in [0.2, 0.25) is 0 Å². The predicted molar refractivity (Wildman–Crippen MR) is 75.3 cm³/mol. The summed E-state index contributed by atoms with van der Waals surface area (Å²) in [7, 11) is 0. The Morgan fingerprint density at radius 1 is 1.16 bits per heavy atom. The van der Waals surface area contributed by atoms with Gasteiger partial charge in [-0.2, -0.15) is 0 Å². The Bertz CT molecular complexity index is 605. The molecule has 2 aromatic rings. The number of rotatable bonds is 3. The van der Waals surface area contributed by atoms with E-state index in [-0.39, 0.29) is 17.5 Å². The van der Waals surface area contributed by atoms with E-state index in [9.17, 15) is 9.50 Å². The standard InChI is InChI=1S/C16H16FNO/c1-11(2)16-15(19)9-13(10-18-16)7-6-12-4-3-5-14(17)8-12/h3-11,19H,1-2H3. The van der Waals surface area contributed by atoms with Crippen molar-refractivity contribution >= 4 is 12.2 Å². The molecule has 1 N–H and O–H groups in total. The first-order chi connectivity index (χ1) is 9.06. The van der Waals surface area contributed by atoms with Crippen LogP contribution in [0.25, 0.3) is 12.2 Å². The van der Waals surface area contributed by atoms with Crippen molar-refractivity contribution in [1.82, 2.24) is 4.98 Å². The minimum atomic E-state index is -0.265. The molecular formula is C16H16FNO. The number of nitrogens with zero attached hydrogens (tertiary/aromatic N) is 1. The zero-order valence-corrected chi connectivity index (χ0v) is 11.0. The zero-order valence-electron chi connectivity index (χ0n) is 11.0. The molecule has 0 aliphatic heterocycles. The molecule has 0 fully saturated rings. The first kappa shape index (κ1) is 13.3. The van der Waals surface area contributed by atoms with Gasteiger partial charge < -0.3 is 5.11 Å². The second kappa shape index (κ2) is 5.65. The lowest BCUT2D eigenvalue weighted by Gasteiger charge is -2.07. The highest BCUT2D eigenvalue weighted by Gasteiger charge is 2.07. The van der Waals surface area contributed by atoms with Crippen molar-refractivity contribution < 1.29 is 9.50 Å². The van der Waals surface area contributed by atoms with Crippen LogP contribution in [0.15, 0.2) is 36.5 Å². The lowest BCUT2D eigenvalue weighted by Crippen LogP contribution is -1.93. The van der Waals surface area contributed by atoms with E-state index in [1.165, 1.54) is 12.1 Å². The largest absolute Gasteiger partial charge is 0.506 e. The number of halogens is 1. The summed E-state index contributed by atoms with van der Waals surface area (Å²) in [6, 6.07) is 7.99. The lowest BCUT2D eigenvalue weighted by molar-refractivity contribution is 0.460. The highest BCUT2D eigenvalue weighted by atomic mass is 19.1. The fraction of sp³-hybridized carbons (Fsp3) is 0.188. The van der Waals surface area contributed by atoms with Gasteiger partial charge in [0, 0.05) is 6.20 Å². The molecule has 19 heavy (non-hydrogen) atoms. The van der Waals surface area contributed by atoms with Crippen LogP contribution in [0.4, 0.5) is 4.39 Å². The minimum absolute atomic E-state index is 0.182. The maximum absolute atomic E-state index is 13.0. The van der Waals surface area contributed by atoms with Gasteiger partial charge in [-0.15, -0.1) is 0 Å². The molecule has 0 saturated heterocycles. The van der Waals surface area contributed by atoms with Crippen LogP contribution < -0.4 is 0 Å². The highest BCUT2D eigenvalue weighted by molar-refractivity contribution is 5.69. The summed E-state index contributed by atoms with van der Waals surface area (Å²) in [4.78, 5) is 4.23. The molecule has 0 amide bonds. The van der Waals surface area contributed by atoms with Gasteiger partial charge in [-0.3, -0.25) is 4.98 Å². The van der Waals surface area contributed by atoms with Crippen LogP contribution in [0.1, 0.15) is 36.6 Å². The van der Waals surface area contributed by atoms with Gasteiger partial charge >= 0.3 is 0 Å². The lowest BCUT2D eigenvalue weighted by atomic mass is 10.1. The number of pyridine rings is 1. The molecular weight excluding hydrogens is 241 g/mol. The Hall–Kier alpha value is -2.16. The van der Waals surface area contributed by atoms with Crippen molar-refractivity contribution in [3.05, 3.63) is 59.2 Å². The second-order valence-electron chi connectivity index (χ2n) is 4.72. The van der Waals surface area contributed by atoms with Gasteiger partial charge in [0.15, 0.2) is 0 Å². The fourth-order valence-electron chi connectivity index (χ4n) is 1.82. The third kappa shape index (κ3) is 3.41. The molecule has 0 unspecified atom stereocenters. The van der Waals surface area contributed by atoms with Crippen LogP contribution in [0, 0.1) is 5.82 Å². The van der Waals surface area contributed by atoms with Crippen molar-refractivity contribution in [3.8, 4) is 5.75 Å². The van der Waals surface area contributed by atoms with Crippen LogP contribution in [0.3, 0.4) is 0 Å². The average Bonchev–Trinajstić information content (AvgIpc) is 2.36. The second-order valence-corrected chi connectivity index (χ2v) is 4.72. The van der Waals surface area contributed by atoms with Crippen LogP contribution >= 0.6 is 0 Å². The smallest absolute Gasteiger partial charge is 0.137 e. The Kier molecular flexibility index (Phi) is 3.95. The molecule has 0 atom stereocenters. The number of benzene rings is 1. The molecule has 0 saturated carbocycles. The number of aromatic nitrogens is 1. The van der Waals surface area contributed by atoms with Gasteiger partial charge in [0.25, 0.3) is 0 Å². The molecule has 98 valence electrons. The van der Waals surface area contributed by atoms with Gasteiger partial charge in [0.05, 0.1) is 5.69 Å². The quantitative estimate of drug-likeness (QED) is 0.893. The van der Waals surface area contributed by atoms with E-state index in [2.05, 4.69) is 4.98 Å². The van der Waals surface area contributed by atoms with Crippen molar-refractivity contribution in [2.75, 3.05) is 0 Å². The summed E-state index contributed by atoms with van der Waals surface area (Å²) < 4.78 is 13.0. The van der Waals surface area contributed by atoms with Gasteiger partial charge in [0.1, 0.15) is 11.6 Å². The molecule has 0 bridgehead atoms. The molecule has 3 heteroatoms. The molecule has 2 rings (SSSR count). The number of aromatic hydroxyl groups is 1. The molecule has 1 aromatic carbocycles. The van der Waals surface area contributed by atoms with Crippen molar-refractivity contribution in [2.45, 2.75) is 19.8 Å². The summed E-state index contributed by atoms with van der Waals surface area (Å²) in [6.07, 6.45) is 5.28. The number of hydrogen-bond acceptors (Lipinski definition) is 2. The fourth-order valence-corrected chi connectivity index (χ4v) is 1.82. The van der Waals surface area contributed by atoms with E-state index in [0.29, 0.717) is 5.69 Å². The predicted octanol–water partition coefficient (Wildman–Crippen LogP) is 4.22. The van der Waals surface area contributed by atoms with Crippen LogP contribution in [0.5, 0.6) is 5.75 Å². The van der Waals surface area contributed by atoms with E-state index >= 15 is 0 Å². The van der Waals surface area contributed by atoms with E-state index in [0.717, 1.165) is 11.1 Å². The van der Waals surface area contributed by atoms with Crippen molar-refractivity contribution in [3.63, 3.8) is 0 Å². The molecule has 1 aromatic heterocycles. The third-order valence-corrected chi connectivity index (χ3v) is 2.78. The molecule has 0 aliphatic carbocycles. The summed E-state index contributed by atoms with van der Waals surface area (Å²) in [5.41, 5.74) is 2.24. The monoisotopic (exact) mass is 257 g/mol. The first-order valence-corrected chi connectivity index (χ1v) is 6.19. The molecule has 1 heterocycles. The normalized spacial score (nSPS) is 11.4.